The van der Waals surface area contributed by atoms with Gasteiger partial charge >= 0.3 is 0 Å². The summed E-state index contributed by atoms with van der Waals surface area (Å²) in [5, 5.41) is 17.3. The van der Waals surface area contributed by atoms with E-state index in [1.54, 1.807) is 0 Å². The first kappa shape index (κ1) is 15.0. The molecule has 0 aliphatic carbocycles. The van der Waals surface area contributed by atoms with Gasteiger partial charge in [0.1, 0.15) is 0 Å². The van der Waals surface area contributed by atoms with Gasteiger partial charge in [0.25, 0.3) is 0 Å². The van der Waals surface area contributed by atoms with Gasteiger partial charge < -0.3 is 10.2 Å². The van der Waals surface area contributed by atoms with Crippen LogP contribution in [0.15, 0.2) is 0 Å². The molecule has 12 heavy (non-hydrogen) atoms. The first-order valence-corrected chi connectivity index (χ1v) is 4.29. The van der Waals surface area contributed by atoms with E-state index in [2.05, 4.69) is 11.8 Å². The third-order valence-corrected chi connectivity index (χ3v) is 1.66. The molecule has 0 unspecified atom stereocenters. The van der Waals surface area contributed by atoms with Crippen molar-refractivity contribution in [1.29, 1.82) is 0 Å². The average molecular weight is 227 g/mol. The predicted octanol–water partition coefficient (Wildman–Crippen LogP) is 0.0706. The molecule has 0 rings (SSSR count). The molecule has 0 saturated carbocycles. The molecule has 0 aliphatic rings. The van der Waals surface area contributed by atoms with Crippen LogP contribution in [0.3, 0.4) is 0 Å². The number of aliphatic hydroxyl groups excluding tert-OH is 2. The van der Waals surface area contributed by atoms with E-state index in [0.29, 0.717) is 13.1 Å². The van der Waals surface area contributed by atoms with Crippen LogP contribution < -0.4 is 0 Å². The molecule has 0 atom stereocenters. The van der Waals surface area contributed by atoms with Crippen LogP contribution in [0.4, 0.5) is 0 Å². The average Bonchev–Trinajstić information content (AvgIpc) is 2.01. The number of hydrogen-bond donors (Lipinski definition) is 2. The first-order chi connectivity index (χ1) is 5.35. The van der Waals surface area contributed by atoms with E-state index in [-0.39, 0.29) is 32.7 Å². The Hall–Kier alpha value is 0.503. The van der Waals surface area contributed by atoms with Gasteiger partial charge in [0.05, 0.1) is 13.2 Å². The summed E-state index contributed by atoms with van der Waals surface area (Å²) in [4.78, 5) is 2.07. The summed E-state index contributed by atoms with van der Waals surface area (Å²) in [6.07, 6.45) is 2.30. The summed E-state index contributed by atoms with van der Waals surface area (Å²) >= 11 is 0. The first-order valence-electron chi connectivity index (χ1n) is 4.29. The number of hydrogen-bond acceptors (Lipinski definition) is 3. The Labute approximate surface area is 87.5 Å². The number of rotatable bonds is 7. The van der Waals surface area contributed by atoms with E-state index >= 15 is 0 Å². The molecule has 0 bridgehead atoms. The van der Waals surface area contributed by atoms with Gasteiger partial charge in [-0.25, -0.2) is 0 Å². The van der Waals surface area contributed by atoms with Crippen molar-refractivity contribution in [2.24, 2.45) is 0 Å². The van der Waals surface area contributed by atoms with E-state index in [4.69, 9.17) is 10.2 Å². The second-order valence-electron chi connectivity index (χ2n) is 2.64. The van der Waals surface area contributed by atoms with Gasteiger partial charge in [-0.2, -0.15) is 0 Å². The zero-order valence-electron chi connectivity index (χ0n) is 8.00. The fourth-order valence-electron chi connectivity index (χ4n) is 1.000. The van der Waals surface area contributed by atoms with Crippen molar-refractivity contribution in [2.45, 2.75) is 19.8 Å². The summed E-state index contributed by atoms with van der Waals surface area (Å²) in [5.74, 6) is 0. The predicted molar refractivity (Wildman–Crippen MR) is 45.5 cm³/mol. The summed E-state index contributed by atoms with van der Waals surface area (Å²) in [7, 11) is 0. The Morgan fingerprint density at radius 3 is 1.83 bits per heavy atom. The van der Waals surface area contributed by atoms with Crippen LogP contribution in [0.1, 0.15) is 19.8 Å². The SMILES string of the molecule is CCCCN(CCO)CCO.[Zn]. The number of nitrogens with zero attached hydrogens (tertiary/aromatic N) is 1. The van der Waals surface area contributed by atoms with Crippen molar-refractivity contribution in [1.82, 2.24) is 4.90 Å². The van der Waals surface area contributed by atoms with E-state index in [9.17, 15) is 0 Å². The smallest absolute Gasteiger partial charge is 0.0558 e. The molecule has 0 aliphatic heterocycles. The third-order valence-electron chi connectivity index (χ3n) is 1.66. The number of aliphatic hydroxyl groups is 2. The quantitative estimate of drug-likeness (QED) is 0.604. The minimum absolute atomic E-state index is 0. The van der Waals surface area contributed by atoms with Crippen molar-refractivity contribution >= 4 is 0 Å². The zero-order valence-corrected chi connectivity index (χ0v) is 11.0. The van der Waals surface area contributed by atoms with Crippen LogP contribution in [0.2, 0.25) is 0 Å². The van der Waals surface area contributed by atoms with Crippen molar-refractivity contribution < 1.29 is 29.7 Å². The van der Waals surface area contributed by atoms with Gasteiger partial charge in [-0.05, 0) is 13.0 Å². The normalized spacial score (nSPS) is 10.0. The van der Waals surface area contributed by atoms with Crippen molar-refractivity contribution in [3.05, 3.63) is 0 Å². The third kappa shape index (κ3) is 8.60. The molecule has 70 valence electrons. The summed E-state index contributed by atoms with van der Waals surface area (Å²) < 4.78 is 0. The summed E-state index contributed by atoms with van der Waals surface area (Å²) in [6, 6.07) is 0. The number of unbranched alkanes of at least 4 members (excludes halogenated alkanes) is 1. The molecule has 0 saturated heterocycles. The van der Waals surface area contributed by atoms with Crippen LogP contribution in [0.25, 0.3) is 0 Å². The minimum Gasteiger partial charge on any atom is -0.395 e. The Morgan fingerprint density at radius 1 is 1.00 bits per heavy atom. The Balaban J connectivity index is 0. The molecular formula is C8H19NO2Zn. The van der Waals surface area contributed by atoms with Crippen molar-refractivity contribution in [2.75, 3.05) is 32.8 Å². The molecule has 0 aromatic carbocycles. The maximum absolute atomic E-state index is 8.64. The summed E-state index contributed by atoms with van der Waals surface area (Å²) in [6.45, 7) is 4.85. The van der Waals surface area contributed by atoms with Crippen LogP contribution in [0, 0.1) is 0 Å². The van der Waals surface area contributed by atoms with Gasteiger partial charge in [0, 0.05) is 32.6 Å². The Kier molecular flexibility index (Phi) is 14.4. The molecule has 0 heterocycles. The second kappa shape index (κ2) is 11.5. The van der Waals surface area contributed by atoms with Crippen molar-refractivity contribution in [3.63, 3.8) is 0 Å². The molecule has 0 spiro atoms. The molecule has 3 nitrogen and oxygen atoms in total. The van der Waals surface area contributed by atoms with Gasteiger partial charge in [-0.3, -0.25) is 4.90 Å². The topological polar surface area (TPSA) is 43.7 Å². The van der Waals surface area contributed by atoms with Crippen molar-refractivity contribution in [3.8, 4) is 0 Å². The zero-order chi connectivity index (χ0) is 8.53. The Morgan fingerprint density at radius 2 is 1.50 bits per heavy atom. The van der Waals surface area contributed by atoms with Gasteiger partial charge in [0.15, 0.2) is 0 Å². The minimum atomic E-state index is 0. The molecule has 0 amide bonds. The van der Waals surface area contributed by atoms with Crippen LogP contribution in [-0.4, -0.2) is 48.0 Å². The fraction of sp³-hybridized carbons (Fsp3) is 1.00. The largest absolute Gasteiger partial charge is 0.395 e. The second-order valence-corrected chi connectivity index (χ2v) is 2.64. The van der Waals surface area contributed by atoms with Crippen LogP contribution >= 0.6 is 0 Å². The molecule has 0 aromatic rings. The molecule has 0 fully saturated rings. The van der Waals surface area contributed by atoms with Crippen LogP contribution in [-0.2, 0) is 19.5 Å². The Bertz CT molecular complexity index is 77.5. The van der Waals surface area contributed by atoms with E-state index < -0.39 is 0 Å². The molecule has 4 heteroatoms. The maximum Gasteiger partial charge on any atom is 0.0558 e. The fourth-order valence-corrected chi connectivity index (χ4v) is 1.000. The van der Waals surface area contributed by atoms with Crippen LogP contribution in [0.5, 0.6) is 0 Å². The standard InChI is InChI=1S/C8H19NO2.Zn/c1-2-3-4-9(5-7-10)6-8-11;/h10-11H,2-8H2,1H3;. The van der Waals surface area contributed by atoms with E-state index in [0.717, 1.165) is 19.4 Å². The monoisotopic (exact) mass is 225 g/mol. The summed E-state index contributed by atoms with van der Waals surface area (Å²) in [5.41, 5.74) is 0. The molecule has 2 N–H and O–H groups in total. The van der Waals surface area contributed by atoms with Gasteiger partial charge in [0.2, 0.25) is 0 Å². The van der Waals surface area contributed by atoms with E-state index in [1.807, 2.05) is 0 Å². The van der Waals surface area contributed by atoms with Gasteiger partial charge in [-0.15, -0.1) is 0 Å². The molecule has 0 radical (unpaired) electrons. The van der Waals surface area contributed by atoms with Gasteiger partial charge in [-0.1, -0.05) is 13.3 Å². The maximum atomic E-state index is 8.64. The molecular weight excluding hydrogens is 207 g/mol. The van der Waals surface area contributed by atoms with E-state index in [1.165, 1.54) is 0 Å². The molecule has 0 aromatic heterocycles.